The van der Waals surface area contributed by atoms with E-state index >= 15 is 0 Å². The second-order valence-electron chi connectivity index (χ2n) is 5.10. The standard InChI is InChI=1S/C19H20Cl2O3/c1-3-5-14-6-9-17(19(12-14)22-2)23-10-4-11-24-18-13-15(20)7-8-16(18)21/h3,6-9,12-13H,1,4-5,10-11H2,2H3. The average molecular weight is 367 g/mol. The molecule has 0 saturated heterocycles. The van der Waals surface area contributed by atoms with Gasteiger partial charge in [0.25, 0.3) is 0 Å². The fourth-order valence-electron chi connectivity index (χ4n) is 2.14. The third-order valence-corrected chi connectivity index (χ3v) is 3.85. The van der Waals surface area contributed by atoms with E-state index in [1.807, 2.05) is 24.3 Å². The van der Waals surface area contributed by atoms with Gasteiger partial charge in [0.2, 0.25) is 0 Å². The van der Waals surface area contributed by atoms with Crippen LogP contribution in [-0.2, 0) is 6.42 Å². The van der Waals surface area contributed by atoms with E-state index in [0.29, 0.717) is 46.9 Å². The van der Waals surface area contributed by atoms with Crippen LogP contribution in [0.3, 0.4) is 0 Å². The van der Waals surface area contributed by atoms with E-state index in [2.05, 4.69) is 6.58 Å². The van der Waals surface area contributed by atoms with E-state index in [-0.39, 0.29) is 0 Å². The lowest BCUT2D eigenvalue weighted by Gasteiger charge is -2.12. The van der Waals surface area contributed by atoms with Crippen LogP contribution in [0.2, 0.25) is 10.0 Å². The maximum absolute atomic E-state index is 6.05. The summed E-state index contributed by atoms with van der Waals surface area (Å²) < 4.78 is 16.8. The molecule has 0 saturated carbocycles. The summed E-state index contributed by atoms with van der Waals surface area (Å²) in [6.07, 6.45) is 3.36. The third kappa shape index (κ3) is 5.36. The second kappa shape index (κ2) is 9.45. The monoisotopic (exact) mass is 366 g/mol. The molecule has 128 valence electrons. The van der Waals surface area contributed by atoms with Crippen LogP contribution in [0, 0.1) is 0 Å². The van der Waals surface area contributed by atoms with Gasteiger partial charge in [0.05, 0.1) is 25.3 Å². The molecule has 2 rings (SSSR count). The lowest BCUT2D eigenvalue weighted by atomic mass is 10.1. The van der Waals surface area contributed by atoms with Crippen LogP contribution in [0.5, 0.6) is 17.2 Å². The van der Waals surface area contributed by atoms with Crippen LogP contribution in [0.1, 0.15) is 12.0 Å². The molecular formula is C19H20Cl2O3. The van der Waals surface area contributed by atoms with Crippen molar-refractivity contribution in [2.75, 3.05) is 20.3 Å². The number of ether oxygens (including phenoxy) is 3. The van der Waals surface area contributed by atoms with Gasteiger partial charge >= 0.3 is 0 Å². The van der Waals surface area contributed by atoms with Gasteiger partial charge < -0.3 is 14.2 Å². The van der Waals surface area contributed by atoms with Crippen molar-refractivity contribution >= 4 is 23.2 Å². The van der Waals surface area contributed by atoms with Gasteiger partial charge in [-0.2, -0.15) is 0 Å². The number of allylic oxidation sites excluding steroid dienone is 1. The Morgan fingerprint density at radius 2 is 1.71 bits per heavy atom. The lowest BCUT2D eigenvalue weighted by Crippen LogP contribution is -2.06. The summed E-state index contributed by atoms with van der Waals surface area (Å²) in [7, 11) is 1.63. The quantitative estimate of drug-likeness (QED) is 0.428. The first kappa shape index (κ1) is 18.5. The van der Waals surface area contributed by atoms with E-state index in [1.54, 1.807) is 25.3 Å². The normalized spacial score (nSPS) is 10.3. The molecule has 0 unspecified atom stereocenters. The molecule has 0 spiro atoms. The summed E-state index contributed by atoms with van der Waals surface area (Å²) in [5.41, 5.74) is 1.13. The summed E-state index contributed by atoms with van der Waals surface area (Å²) in [6.45, 7) is 4.73. The van der Waals surface area contributed by atoms with Crippen LogP contribution in [0.4, 0.5) is 0 Å². The van der Waals surface area contributed by atoms with Crippen LogP contribution < -0.4 is 14.2 Å². The van der Waals surface area contributed by atoms with Crippen molar-refractivity contribution in [1.82, 2.24) is 0 Å². The molecule has 24 heavy (non-hydrogen) atoms. The fraction of sp³-hybridized carbons (Fsp3) is 0.263. The highest BCUT2D eigenvalue weighted by atomic mass is 35.5. The maximum Gasteiger partial charge on any atom is 0.161 e. The van der Waals surface area contributed by atoms with E-state index < -0.39 is 0 Å². The van der Waals surface area contributed by atoms with Crippen molar-refractivity contribution in [2.45, 2.75) is 12.8 Å². The number of rotatable bonds is 9. The van der Waals surface area contributed by atoms with Crippen LogP contribution in [0.15, 0.2) is 49.1 Å². The fourth-order valence-corrected chi connectivity index (χ4v) is 2.47. The molecule has 0 aliphatic rings. The molecule has 2 aromatic carbocycles. The predicted molar refractivity (Wildman–Crippen MR) is 99.0 cm³/mol. The van der Waals surface area contributed by atoms with Gasteiger partial charge in [-0.25, -0.2) is 0 Å². The van der Waals surface area contributed by atoms with Crippen molar-refractivity contribution in [1.29, 1.82) is 0 Å². The molecule has 0 bridgehead atoms. The molecule has 3 nitrogen and oxygen atoms in total. The molecule has 2 aromatic rings. The van der Waals surface area contributed by atoms with Crippen LogP contribution in [-0.4, -0.2) is 20.3 Å². The predicted octanol–water partition coefficient (Wildman–Crippen LogP) is 5.58. The minimum absolute atomic E-state index is 0.483. The van der Waals surface area contributed by atoms with Gasteiger partial charge in [0.15, 0.2) is 11.5 Å². The number of benzene rings is 2. The molecule has 0 aliphatic heterocycles. The van der Waals surface area contributed by atoms with Gasteiger partial charge in [-0.3, -0.25) is 0 Å². The lowest BCUT2D eigenvalue weighted by molar-refractivity contribution is 0.240. The number of methoxy groups -OCH3 is 1. The summed E-state index contributed by atoms with van der Waals surface area (Å²) >= 11 is 12.0. The first-order valence-corrected chi connectivity index (χ1v) is 8.38. The van der Waals surface area contributed by atoms with E-state index in [9.17, 15) is 0 Å². The summed E-state index contributed by atoms with van der Waals surface area (Å²) in [4.78, 5) is 0. The number of halogens is 2. The Morgan fingerprint density at radius 3 is 2.42 bits per heavy atom. The van der Waals surface area contributed by atoms with Crippen molar-refractivity contribution < 1.29 is 14.2 Å². The Balaban J connectivity index is 1.81. The Labute approximate surface area is 152 Å². The third-order valence-electron chi connectivity index (χ3n) is 3.31. The molecule has 0 aliphatic carbocycles. The first-order valence-electron chi connectivity index (χ1n) is 7.62. The van der Waals surface area contributed by atoms with Crippen LogP contribution in [0.25, 0.3) is 0 Å². The molecule has 0 N–H and O–H groups in total. The zero-order valence-corrected chi connectivity index (χ0v) is 15.1. The summed E-state index contributed by atoms with van der Waals surface area (Å²) in [5, 5.41) is 1.13. The minimum atomic E-state index is 0.483. The van der Waals surface area contributed by atoms with E-state index in [0.717, 1.165) is 12.0 Å². The van der Waals surface area contributed by atoms with Crippen LogP contribution >= 0.6 is 23.2 Å². The Morgan fingerprint density at radius 1 is 0.958 bits per heavy atom. The van der Waals surface area contributed by atoms with Crippen molar-refractivity contribution in [3.63, 3.8) is 0 Å². The van der Waals surface area contributed by atoms with Gasteiger partial charge in [-0.15, -0.1) is 6.58 Å². The Kier molecular flexibility index (Phi) is 7.29. The van der Waals surface area contributed by atoms with Crippen molar-refractivity contribution in [3.05, 3.63) is 64.7 Å². The van der Waals surface area contributed by atoms with Gasteiger partial charge in [-0.05, 0) is 36.2 Å². The topological polar surface area (TPSA) is 27.7 Å². The summed E-state index contributed by atoms with van der Waals surface area (Å²) in [5.74, 6) is 2.01. The SMILES string of the molecule is C=CCc1ccc(OCCCOc2cc(Cl)ccc2Cl)c(OC)c1. The van der Waals surface area contributed by atoms with E-state index in [1.165, 1.54) is 0 Å². The van der Waals surface area contributed by atoms with Crippen molar-refractivity contribution in [2.24, 2.45) is 0 Å². The van der Waals surface area contributed by atoms with E-state index in [4.69, 9.17) is 37.4 Å². The Hall–Kier alpha value is -1.84. The number of hydrogen-bond acceptors (Lipinski definition) is 3. The molecule has 0 atom stereocenters. The van der Waals surface area contributed by atoms with Gasteiger partial charge in [0.1, 0.15) is 5.75 Å². The highest BCUT2D eigenvalue weighted by molar-refractivity contribution is 6.34. The molecule has 0 aromatic heterocycles. The smallest absolute Gasteiger partial charge is 0.161 e. The van der Waals surface area contributed by atoms with Crippen molar-refractivity contribution in [3.8, 4) is 17.2 Å². The Bertz CT molecular complexity index is 686. The largest absolute Gasteiger partial charge is 0.493 e. The van der Waals surface area contributed by atoms with Gasteiger partial charge in [0, 0.05) is 17.5 Å². The average Bonchev–Trinajstić information content (AvgIpc) is 2.58. The zero-order chi connectivity index (χ0) is 17.4. The second-order valence-corrected chi connectivity index (χ2v) is 5.95. The molecule has 0 radical (unpaired) electrons. The maximum atomic E-state index is 6.05. The number of hydrogen-bond donors (Lipinski definition) is 0. The zero-order valence-electron chi connectivity index (χ0n) is 13.6. The first-order chi connectivity index (χ1) is 11.6. The van der Waals surface area contributed by atoms with Gasteiger partial charge in [-0.1, -0.05) is 35.3 Å². The molecule has 5 heteroatoms. The molecular weight excluding hydrogens is 347 g/mol. The summed E-state index contributed by atoms with van der Waals surface area (Å²) in [6, 6.07) is 11.0. The molecule has 0 amide bonds. The highest BCUT2D eigenvalue weighted by Crippen LogP contribution is 2.29. The molecule has 0 heterocycles. The highest BCUT2D eigenvalue weighted by Gasteiger charge is 2.06. The minimum Gasteiger partial charge on any atom is -0.493 e. The molecule has 0 fully saturated rings.